The Morgan fingerprint density at radius 2 is 2.38 bits per heavy atom. The fourth-order valence-corrected chi connectivity index (χ4v) is 1.72. The normalized spacial score (nSPS) is 12.9. The lowest BCUT2D eigenvalue weighted by Crippen LogP contribution is -2.25. The number of nitrogens with zero attached hydrogens (tertiary/aromatic N) is 1. The maximum absolute atomic E-state index is 5.08. The van der Waals surface area contributed by atoms with Crippen molar-refractivity contribution in [2.75, 3.05) is 26.8 Å². The second kappa shape index (κ2) is 7.41. The number of ether oxygens (including phenoxy) is 1. The maximum atomic E-state index is 5.08. The number of hydrogen-bond acceptors (Lipinski definition) is 3. The van der Waals surface area contributed by atoms with E-state index in [9.17, 15) is 0 Å². The molecule has 2 N–H and O–H groups in total. The zero-order valence-corrected chi connectivity index (χ0v) is 10.5. The van der Waals surface area contributed by atoms with Crippen LogP contribution in [0.15, 0.2) is 6.20 Å². The van der Waals surface area contributed by atoms with Crippen LogP contribution in [0.25, 0.3) is 0 Å². The number of aromatic nitrogens is 2. The zero-order chi connectivity index (χ0) is 11.8. The minimum absolute atomic E-state index is 0.584. The second-order valence-electron chi connectivity index (χ2n) is 4.39. The van der Waals surface area contributed by atoms with Crippen molar-refractivity contribution in [2.24, 2.45) is 5.92 Å². The monoisotopic (exact) mass is 225 g/mol. The van der Waals surface area contributed by atoms with Crippen molar-refractivity contribution in [1.29, 1.82) is 0 Å². The predicted octanol–water partition coefficient (Wildman–Crippen LogP) is 1.52. The quantitative estimate of drug-likeness (QED) is 0.660. The molecule has 16 heavy (non-hydrogen) atoms. The summed E-state index contributed by atoms with van der Waals surface area (Å²) < 4.78 is 5.08. The Labute approximate surface area is 97.8 Å². The fourth-order valence-electron chi connectivity index (χ4n) is 1.72. The number of hydrogen-bond donors (Lipinski definition) is 2. The molecule has 0 amide bonds. The molecule has 0 aliphatic carbocycles. The van der Waals surface area contributed by atoms with Crippen LogP contribution < -0.4 is 5.32 Å². The molecule has 1 atom stereocenters. The summed E-state index contributed by atoms with van der Waals surface area (Å²) in [5, 5.41) is 10.4. The van der Waals surface area contributed by atoms with Crippen LogP contribution in [0.2, 0.25) is 0 Å². The Bertz CT molecular complexity index is 286. The van der Waals surface area contributed by atoms with E-state index in [0.29, 0.717) is 5.92 Å². The molecule has 1 heterocycles. The molecule has 1 aromatic rings. The topological polar surface area (TPSA) is 49.9 Å². The molecule has 1 rings (SSSR count). The summed E-state index contributed by atoms with van der Waals surface area (Å²) in [6, 6.07) is 0. The molecule has 0 fully saturated rings. The van der Waals surface area contributed by atoms with Gasteiger partial charge >= 0.3 is 0 Å². The Balaban J connectivity index is 2.02. The van der Waals surface area contributed by atoms with E-state index in [2.05, 4.69) is 29.4 Å². The molecule has 0 bridgehead atoms. The molecule has 4 nitrogen and oxygen atoms in total. The van der Waals surface area contributed by atoms with Gasteiger partial charge in [0.1, 0.15) is 0 Å². The Morgan fingerprint density at radius 1 is 1.56 bits per heavy atom. The highest BCUT2D eigenvalue weighted by atomic mass is 16.5. The molecule has 1 aromatic heterocycles. The second-order valence-corrected chi connectivity index (χ2v) is 4.39. The minimum Gasteiger partial charge on any atom is -0.384 e. The molecule has 0 aliphatic rings. The van der Waals surface area contributed by atoms with Crippen LogP contribution in [-0.2, 0) is 11.2 Å². The lowest BCUT2D eigenvalue weighted by molar-refractivity contribution is 0.158. The van der Waals surface area contributed by atoms with Crippen LogP contribution in [0, 0.1) is 12.8 Å². The molecular formula is C12H23N3O. The Hall–Kier alpha value is -0.870. The standard InChI is InChI=1S/C12H23N3O/c1-10(9-16-3)7-13-6-4-5-12-8-14-15-11(12)2/h8,10,13H,4-7,9H2,1-3H3,(H,14,15). The van der Waals surface area contributed by atoms with Gasteiger partial charge in [-0.3, -0.25) is 5.10 Å². The summed E-state index contributed by atoms with van der Waals surface area (Å²) in [7, 11) is 1.75. The zero-order valence-electron chi connectivity index (χ0n) is 10.5. The van der Waals surface area contributed by atoms with Crippen molar-refractivity contribution < 1.29 is 4.74 Å². The maximum Gasteiger partial charge on any atom is 0.0522 e. The van der Waals surface area contributed by atoms with E-state index < -0.39 is 0 Å². The third-order valence-corrected chi connectivity index (χ3v) is 2.68. The summed E-state index contributed by atoms with van der Waals surface area (Å²) in [4.78, 5) is 0. The summed E-state index contributed by atoms with van der Waals surface area (Å²) in [6.07, 6.45) is 4.16. The SMILES string of the molecule is COCC(C)CNCCCc1cn[nH]c1C. The number of rotatable bonds is 8. The average molecular weight is 225 g/mol. The lowest BCUT2D eigenvalue weighted by atomic mass is 10.1. The van der Waals surface area contributed by atoms with E-state index in [1.54, 1.807) is 7.11 Å². The molecular weight excluding hydrogens is 202 g/mol. The molecule has 0 aliphatic heterocycles. The van der Waals surface area contributed by atoms with Gasteiger partial charge in [0.05, 0.1) is 6.20 Å². The Morgan fingerprint density at radius 3 is 3.00 bits per heavy atom. The first-order valence-electron chi connectivity index (χ1n) is 5.92. The van der Waals surface area contributed by atoms with Gasteiger partial charge in [0, 0.05) is 19.4 Å². The molecule has 0 saturated heterocycles. The largest absolute Gasteiger partial charge is 0.384 e. The van der Waals surface area contributed by atoms with Gasteiger partial charge in [-0.2, -0.15) is 5.10 Å². The van der Waals surface area contributed by atoms with Gasteiger partial charge in [-0.25, -0.2) is 0 Å². The smallest absolute Gasteiger partial charge is 0.0522 e. The number of H-pyrrole nitrogens is 1. The van der Waals surface area contributed by atoms with Crippen LogP contribution in [0.1, 0.15) is 24.6 Å². The summed E-state index contributed by atoms with van der Waals surface area (Å²) in [5.41, 5.74) is 2.51. The molecule has 0 spiro atoms. The van der Waals surface area contributed by atoms with Crippen molar-refractivity contribution >= 4 is 0 Å². The van der Waals surface area contributed by atoms with E-state index in [1.165, 1.54) is 11.3 Å². The molecule has 0 saturated carbocycles. The van der Waals surface area contributed by atoms with Crippen molar-refractivity contribution in [3.63, 3.8) is 0 Å². The first-order valence-corrected chi connectivity index (χ1v) is 5.92. The molecule has 4 heteroatoms. The predicted molar refractivity (Wildman–Crippen MR) is 65.6 cm³/mol. The van der Waals surface area contributed by atoms with Gasteiger partial charge in [-0.1, -0.05) is 6.92 Å². The van der Waals surface area contributed by atoms with Gasteiger partial charge in [-0.05, 0) is 44.3 Å². The highest BCUT2D eigenvalue weighted by molar-refractivity contribution is 5.14. The van der Waals surface area contributed by atoms with E-state index in [-0.39, 0.29) is 0 Å². The highest BCUT2D eigenvalue weighted by Crippen LogP contribution is 2.05. The molecule has 0 aromatic carbocycles. The molecule has 1 unspecified atom stereocenters. The lowest BCUT2D eigenvalue weighted by Gasteiger charge is -2.11. The van der Waals surface area contributed by atoms with Gasteiger partial charge < -0.3 is 10.1 Å². The van der Waals surface area contributed by atoms with Crippen LogP contribution in [0.4, 0.5) is 0 Å². The van der Waals surface area contributed by atoms with Crippen molar-refractivity contribution in [3.05, 3.63) is 17.5 Å². The van der Waals surface area contributed by atoms with Gasteiger partial charge in [0.25, 0.3) is 0 Å². The first kappa shape index (κ1) is 13.2. The van der Waals surface area contributed by atoms with Crippen LogP contribution >= 0.6 is 0 Å². The van der Waals surface area contributed by atoms with Crippen molar-refractivity contribution in [3.8, 4) is 0 Å². The number of methoxy groups -OCH3 is 1. The van der Waals surface area contributed by atoms with Gasteiger partial charge in [0.2, 0.25) is 0 Å². The summed E-state index contributed by atoms with van der Waals surface area (Å²) in [6.45, 7) is 7.16. The van der Waals surface area contributed by atoms with Crippen molar-refractivity contribution in [2.45, 2.75) is 26.7 Å². The van der Waals surface area contributed by atoms with E-state index in [1.807, 2.05) is 6.20 Å². The first-order chi connectivity index (χ1) is 7.74. The average Bonchev–Trinajstić information content (AvgIpc) is 2.64. The summed E-state index contributed by atoms with van der Waals surface area (Å²) in [5.74, 6) is 0.584. The summed E-state index contributed by atoms with van der Waals surface area (Å²) >= 11 is 0. The van der Waals surface area contributed by atoms with Crippen LogP contribution in [0.5, 0.6) is 0 Å². The van der Waals surface area contributed by atoms with Crippen LogP contribution in [0.3, 0.4) is 0 Å². The number of nitrogens with one attached hydrogen (secondary N) is 2. The number of aryl methyl sites for hydroxylation is 2. The van der Waals surface area contributed by atoms with E-state index >= 15 is 0 Å². The van der Waals surface area contributed by atoms with E-state index in [4.69, 9.17) is 4.74 Å². The van der Waals surface area contributed by atoms with E-state index in [0.717, 1.165) is 32.5 Å². The molecule has 92 valence electrons. The fraction of sp³-hybridized carbons (Fsp3) is 0.750. The number of aromatic amines is 1. The molecule has 0 radical (unpaired) electrons. The third-order valence-electron chi connectivity index (χ3n) is 2.68. The van der Waals surface area contributed by atoms with Crippen molar-refractivity contribution in [1.82, 2.24) is 15.5 Å². The Kier molecular flexibility index (Phi) is 6.11. The van der Waals surface area contributed by atoms with Gasteiger partial charge in [0.15, 0.2) is 0 Å². The highest BCUT2D eigenvalue weighted by Gasteiger charge is 2.01. The minimum atomic E-state index is 0.584. The third kappa shape index (κ3) is 4.77. The van der Waals surface area contributed by atoms with Gasteiger partial charge in [-0.15, -0.1) is 0 Å². The van der Waals surface area contributed by atoms with Crippen LogP contribution in [-0.4, -0.2) is 37.0 Å².